The summed E-state index contributed by atoms with van der Waals surface area (Å²) in [4.78, 5) is 17.5. The Hall–Kier alpha value is -3.19. The molecule has 1 amide bonds. The van der Waals surface area contributed by atoms with Crippen LogP contribution in [0.1, 0.15) is 28.2 Å². The number of piperazine rings is 1. The molecular weight excluding hydrogens is 407 g/mol. The van der Waals surface area contributed by atoms with Crippen LogP contribution in [0, 0.1) is 5.82 Å². The van der Waals surface area contributed by atoms with Crippen LogP contribution in [0.5, 0.6) is 5.75 Å². The molecule has 1 aliphatic heterocycles. The van der Waals surface area contributed by atoms with Gasteiger partial charge in [0.1, 0.15) is 18.2 Å². The number of hydrogen-bond donors (Lipinski definition) is 0. The average Bonchev–Trinajstić information content (AvgIpc) is 3.44. The second-order valence-corrected chi connectivity index (χ2v) is 8.31. The van der Waals surface area contributed by atoms with Gasteiger partial charge < -0.3 is 9.64 Å². The van der Waals surface area contributed by atoms with Gasteiger partial charge in [-0.2, -0.15) is 5.10 Å². The topological polar surface area (TPSA) is 50.6 Å². The predicted molar refractivity (Wildman–Crippen MR) is 120 cm³/mol. The number of ether oxygens (including phenoxy) is 1. The van der Waals surface area contributed by atoms with E-state index in [0.29, 0.717) is 25.4 Å². The van der Waals surface area contributed by atoms with Crippen molar-refractivity contribution in [3.63, 3.8) is 0 Å². The summed E-state index contributed by atoms with van der Waals surface area (Å²) >= 11 is 0. The molecule has 2 aromatic carbocycles. The number of para-hydroxylation sites is 1. The van der Waals surface area contributed by atoms with E-state index in [0.717, 1.165) is 61.6 Å². The summed E-state index contributed by atoms with van der Waals surface area (Å²) in [6, 6.07) is 16.1. The molecule has 32 heavy (non-hydrogen) atoms. The SMILES string of the molecule is O=C(c1nn(-c2ccc(F)cc2)c2c1CCC2)N1CCN(CCOc2ccccc2)CC1. The van der Waals surface area contributed by atoms with E-state index in [1.165, 1.54) is 12.1 Å². The zero-order valence-corrected chi connectivity index (χ0v) is 18.0. The van der Waals surface area contributed by atoms with Crippen LogP contribution in [0.15, 0.2) is 54.6 Å². The van der Waals surface area contributed by atoms with Crippen LogP contribution in [0.25, 0.3) is 5.69 Å². The largest absolute Gasteiger partial charge is 0.492 e. The van der Waals surface area contributed by atoms with Gasteiger partial charge in [-0.15, -0.1) is 0 Å². The summed E-state index contributed by atoms with van der Waals surface area (Å²) in [5, 5.41) is 4.68. The van der Waals surface area contributed by atoms with Crippen LogP contribution in [0.4, 0.5) is 4.39 Å². The average molecular weight is 435 g/mol. The Labute approximate surface area is 187 Å². The summed E-state index contributed by atoms with van der Waals surface area (Å²) in [6.45, 7) is 4.49. The molecule has 0 unspecified atom stereocenters. The summed E-state index contributed by atoms with van der Waals surface area (Å²) in [5.41, 5.74) is 3.49. The molecule has 0 radical (unpaired) electrons. The summed E-state index contributed by atoms with van der Waals surface area (Å²) < 4.78 is 21.0. The molecule has 2 aliphatic rings. The first-order valence-corrected chi connectivity index (χ1v) is 11.3. The van der Waals surface area contributed by atoms with Gasteiger partial charge >= 0.3 is 0 Å². The first-order valence-electron chi connectivity index (χ1n) is 11.3. The molecular formula is C25H27FN4O2. The number of amides is 1. The van der Waals surface area contributed by atoms with Crippen molar-refractivity contribution in [1.29, 1.82) is 0 Å². The lowest BCUT2D eigenvalue weighted by Gasteiger charge is -2.34. The number of aromatic nitrogens is 2. The van der Waals surface area contributed by atoms with Gasteiger partial charge in [-0.1, -0.05) is 18.2 Å². The Morgan fingerprint density at radius 1 is 0.969 bits per heavy atom. The predicted octanol–water partition coefficient (Wildman–Crippen LogP) is 3.34. The molecule has 1 aromatic heterocycles. The van der Waals surface area contributed by atoms with Gasteiger partial charge in [0.15, 0.2) is 5.69 Å². The van der Waals surface area contributed by atoms with Crippen LogP contribution >= 0.6 is 0 Å². The van der Waals surface area contributed by atoms with E-state index in [9.17, 15) is 9.18 Å². The molecule has 1 fully saturated rings. The number of benzene rings is 2. The highest BCUT2D eigenvalue weighted by Gasteiger charge is 2.31. The van der Waals surface area contributed by atoms with Gasteiger partial charge in [-0.05, 0) is 55.7 Å². The van der Waals surface area contributed by atoms with Gasteiger partial charge in [-0.3, -0.25) is 9.69 Å². The Kier molecular flexibility index (Phi) is 5.90. The van der Waals surface area contributed by atoms with Crippen molar-refractivity contribution in [2.24, 2.45) is 0 Å². The lowest BCUT2D eigenvalue weighted by molar-refractivity contribution is 0.0613. The molecule has 5 rings (SSSR count). The second kappa shape index (κ2) is 9.12. The number of halogens is 1. The fourth-order valence-electron chi connectivity index (χ4n) is 4.54. The molecule has 0 spiro atoms. The van der Waals surface area contributed by atoms with Crippen molar-refractivity contribution in [2.75, 3.05) is 39.3 Å². The van der Waals surface area contributed by atoms with Gasteiger partial charge in [0, 0.05) is 44.0 Å². The number of hydrogen-bond acceptors (Lipinski definition) is 4. The van der Waals surface area contributed by atoms with E-state index in [1.807, 2.05) is 39.9 Å². The minimum atomic E-state index is -0.277. The van der Waals surface area contributed by atoms with Crippen molar-refractivity contribution < 1.29 is 13.9 Å². The Morgan fingerprint density at radius 3 is 2.47 bits per heavy atom. The monoisotopic (exact) mass is 434 g/mol. The van der Waals surface area contributed by atoms with Crippen LogP contribution in [0.3, 0.4) is 0 Å². The molecule has 1 saturated heterocycles. The third kappa shape index (κ3) is 4.25. The van der Waals surface area contributed by atoms with Crippen molar-refractivity contribution in [1.82, 2.24) is 19.6 Å². The first kappa shape index (κ1) is 20.7. The third-order valence-electron chi connectivity index (χ3n) is 6.28. The zero-order valence-electron chi connectivity index (χ0n) is 18.0. The minimum Gasteiger partial charge on any atom is -0.492 e. The van der Waals surface area contributed by atoms with E-state index >= 15 is 0 Å². The standard InChI is InChI=1S/C25H27FN4O2/c26-19-9-11-20(12-10-19)30-23-8-4-7-22(23)24(27-30)25(31)29-15-13-28(14-16-29)17-18-32-21-5-2-1-3-6-21/h1-3,5-6,9-12H,4,7-8,13-18H2. The van der Waals surface area contributed by atoms with Crippen LogP contribution in [0.2, 0.25) is 0 Å². The lowest BCUT2D eigenvalue weighted by atomic mass is 10.1. The highest BCUT2D eigenvalue weighted by Crippen LogP contribution is 2.29. The Balaban J connectivity index is 1.21. The van der Waals surface area contributed by atoms with Crippen molar-refractivity contribution >= 4 is 5.91 Å². The molecule has 1 aliphatic carbocycles. The molecule has 0 bridgehead atoms. The van der Waals surface area contributed by atoms with Crippen LogP contribution in [-0.4, -0.2) is 64.8 Å². The lowest BCUT2D eigenvalue weighted by Crippen LogP contribution is -2.49. The van der Waals surface area contributed by atoms with Gasteiger partial charge in [0.25, 0.3) is 5.91 Å². The van der Waals surface area contributed by atoms with Crippen LogP contribution < -0.4 is 4.74 Å². The maximum atomic E-state index is 13.3. The molecule has 166 valence electrons. The zero-order chi connectivity index (χ0) is 21.9. The van der Waals surface area contributed by atoms with Crippen molar-refractivity contribution in [2.45, 2.75) is 19.3 Å². The fraction of sp³-hybridized carbons (Fsp3) is 0.360. The maximum absolute atomic E-state index is 13.3. The van der Waals surface area contributed by atoms with E-state index in [1.54, 1.807) is 12.1 Å². The highest BCUT2D eigenvalue weighted by atomic mass is 19.1. The smallest absolute Gasteiger partial charge is 0.274 e. The normalized spacial score (nSPS) is 16.2. The summed E-state index contributed by atoms with van der Waals surface area (Å²) in [5.74, 6) is 0.608. The molecule has 0 N–H and O–H groups in total. The molecule has 3 aromatic rings. The van der Waals surface area contributed by atoms with Crippen molar-refractivity contribution in [3.05, 3.63) is 77.4 Å². The number of carbonyl (C=O) groups excluding carboxylic acids is 1. The number of carbonyl (C=O) groups is 1. The number of rotatable bonds is 6. The second-order valence-electron chi connectivity index (χ2n) is 8.31. The highest BCUT2D eigenvalue weighted by molar-refractivity contribution is 5.94. The molecule has 7 heteroatoms. The molecule has 6 nitrogen and oxygen atoms in total. The summed E-state index contributed by atoms with van der Waals surface area (Å²) in [6.07, 6.45) is 2.78. The third-order valence-corrected chi connectivity index (χ3v) is 6.28. The van der Waals surface area contributed by atoms with Crippen LogP contribution in [-0.2, 0) is 12.8 Å². The van der Waals surface area contributed by atoms with Gasteiger partial charge in [-0.25, -0.2) is 9.07 Å². The Bertz CT molecular complexity index is 1070. The molecule has 2 heterocycles. The maximum Gasteiger partial charge on any atom is 0.274 e. The number of nitrogens with zero attached hydrogens (tertiary/aromatic N) is 4. The Morgan fingerprint density at radius 2 is 1.72 bits per heavy atom. The summed E-state index contributed by atoms with van der Waals surface area (Å²) in [7, 11) is 0. The van der Waals surface area contributed by atoms with Gasteiger partial charge in [0.05, 0.1) is 5.69 Å². The molecule has 0 atom stereocenters. The number of fused-ring (bicyclic) bond motifs is 1. The van der Waals surface area contributed by atoms with Crippen molar-refractivity contribution in [3.8, 4) is 11.4 Å². The fourth-order valence-corrected chi connectivity index (χ4v) is 4.54. The van der Waals surface area contributed by atoms with E-state index in [-0.39, 0.29) is 11.7 Å². The van der Waals surface area contributed by atoms with Gasteiger partial charge in [0.2, 0.25) is 0 Å². The first-order chi connectivity index (χ1) is 15.7. The van der Waals surface area contributed by atoms with E-state index < -0.39 is 0 Å². The van der Waals surface area contributed by atoms with E-state index in [2.05, 4.69) is 10.00 Å². The quantitative estimate of drug-likeness (QED) is 0.597. The minimum absolute atomic E-state index is 0.00389. The van der Waals surface area contributed by atoms with E-state index in [4.69, 9.17) is 4.74 Å². The molecule has 0 saturated carbocycles.